The van der Waals surface area contributed by atoms with E-state index in [2.05, 4.69) is 15.3 Å². The van der Waals surface area contributed by atoms with Gasteiger partial charge in [-0.05, 0) is 51.1 Å². The Kier molecular flexibility index (Phi) is 5.26. The van der Waals surface area contributed by atoms with E-state index < -0.39 is 11.9 Å². The van der Waals surface area contributed by atoms with Crippen LogP contribution in [0.3, 0.4) is 0 Å². The number of aryl methyl sites for hydroxylation is 2. The maximum absolute atomic E-state index is 11.7. The normalized spacial score (nSPS) is 11.0. The second kappa shape index (κ2) is 7.36. The standard InChI is InChI=1S/C17H17N3O4/c1-10(16(22)23)8-15(21)20-13-4-6-14(7-5-13)24-17-18-11(2)9-12(3)19-17/h4-9H,1-3H3,(H,20,21)(H,22,23)/b10-8-. The monoisotopic (exact) mass is 327 g/mol. The van der Waals surface area contributed by atoms with Crippen molar-refractivity contribution >= 4 is 17.6 Å². The van der Waals surface area contributed by atoms with Crippen LogP contribution in [-0.4, -0.2) is 27.0 Å². The minimum Gasteiger partial charge on any atom is -0.478 e. The summed E-state index contributed by atoms with van der Waals surface area (Å²) < 4.78 is 5.57. The molecule has 24 heavy (non-hydrogen) atoms. The lowest BCUT2D eigenvalue weighted by atomic mass is 10.2. The number of aliphatic carboxylic acids is 1. The number of carbonyl (C=O) groups excluding carboxylic acids is 1. The van der Waals surface area contributed by atoms with Crippen LogP contribution in [0.25, 0.3) is 0 Å². The van der Waals surface area contributed by atoms with Gasteiger partial charge in [0.05, 0.1) is 0 Å². The topological polar surface area (TPSA) is 101 Å². The minimum absolute atomic E-state index is 0.0422. The molecule has 1 amide bonds. The maximum atomic E-state index is 11.7. The van der Waals surface area contributed by atoms with Crippen molar-refractivity contribution < 1.29 is 19.4 Å². The molecule has 7 nitrogen and oxygen atoms in total. The fourth-order valence-corrected chi connectivity index (χ4v) is 1.89. The van der Waals surface area contributed by atoms with Gasteiger partial charge in [-0.2, -0.15) is 0 Å². The van der Waals surface area contributed by atoms with Crippen molar-refractivity contribution in [2.45, 2.75) is 20.8 Å². The summed E-state index contributed by atoms with van der Waals surface area (Å²) in [5.74, 6) is -1.13. The van der Waals surface area contributed by atoms with E-state index in [0.717, 1.165) is 17.5 Å². The van der Waals surface area contributed by atoms with E-state index in [1.165, 1.54) is 6.92 Å². The molecule has 0 fully saturated rings. The molecule has 124 valence electrons. The number of ether oxygens (including phenoxy) is 1. The molecule has 2 aromatic rings. The quantitative estimate of drug-likeness (QED) is 0.819. The van der Waals surface area contributed by atoms with Crippen molar-refractivity contribution in [2.75, 3.05) is 5.32 Å². The molecule has 1 aromatic heterocycles. The van der Waals surface area contributed by atoms with Gasteiger partial charge in [-0.15, -0.1) is 0 Å². The molecule has 1 aromatic carbocycles. The zero-order chi connectivity index (χ0) is 17.7. The molecule has 0 aliphatic heterocycles. The van der Waals surface area contributed by atoms with Crippen LogP contribution >= 0.6 is 0 Å². The maximum Gasteiger partial charge on any atom is 0.331 e. The first-order valence-corrected chi connectivity index (χ1v) is 7.16. The Morgan fingerprint density at radius 2 is 1.71 bits per heavy atom. The van der Waals surface area contributed by atoms with Gasteiger partial charge in [0, 0.05) is 28.7 Å². The average Bonchev–Trinajstić information content (AvgIpc) is 2.48. The molecular weight excluding hydrogens is 310 g/mol. The van der Waals surface area contributed by atoms with E-state index in [9.17, 15) is 9.59 Å². The number of nitrogens with zero attached hydrogens (tertiary/aromatic N) is 2. The molecule has 0 saturated carbocycles. The van der Waals surface area contributed by atoms with Crippen molar-refractivity contribution in [3.05, 3.63) is 53.4 Å². The summed E-state index contributed by atoms with van der Waals surface area (Å²) in [4.78, 5) is 30.7. The lowest BCUT2D eigenvalue weighted by Crippen LogP contribution is -2.10. The van der Waals surface area contributed by atoms with Crippen LogP contribution in [0.1, 0.15) is 18.3 Å². The van der Waals surface area contributed by atoms with Crippen LogP contribution in [-0.2, 0) is 9.59 Å². The zero-order valence-electron chi connectivity index (χ0n) is 13.5. The summed E-state index contributed by atoms with van der Waals surface area (Å²) in [5.41, 5.74) is 2.09. The molecular formula is C17H17N3O4. The van der Waals surface area contributed by atoms with Gasteiger partial charge in [0.25, 0.3) is 0 Å². The number of rotatable bonds is 5. The molecule has 7 heteroatoms. The highest BCUT2D eigenvalue weighted by atomic mass is 16.5. The van der Waals surface area contributed by atoms with E-state index in [1.807, 2.05) is 19.9 Å². The lowest BCUT2D eigenvalue weighted by molar-refractivity contribution is -0.132. The zero-order valence-corrected chi connectivity index (χ0v) is 13.5. The minimum atomic E-state index is -1.14. The molecule has 0 atom stereocenters. The van der Waals surface area contributed by atoms with Gasteiger partial charge in [0.2, 0.25) is 5.91 Å². The number of carboxylic acids is 1. The van der Waals surface area contributed by atoms with Gasteiger partial charge in [-0.3, -0.25) is 4.79 Å². The lowest BCUT2D eigenvalue weighted by Gasteiger charge is -2.07. The Bertz CT molecular complexity index is 778. The van der Waals surface area contributed by atoms with Gasteiger partial charge < -0.3 is 15.2 Å². The summed E-state index contributed by atoms with van der Waals surface area (Å²) in [6, 6.07) is 8.69. The number of hydrogen-bond donors (Lipinski definition) is 2. The highest BCUT2D eigenvalue weighted by molar-refractivity contribution is 6.04. The molecule has 0 radical (unpaired) electrons. The molecule has 0 spiro atoms. The largest absolute Gasteiger partial charge is 0.478 e. The van der Waals surface area contributed by atoms with Crippen LogP contribution in [0.4, 0.5) is 5.69 Å². The van der Waals surface area contributed by atoms with Gasteiger partial charge in [-0.25, -0.2) is 14.8 Å². The molecule has 2 rings (SSSR count). The van der Waals surface area contributed by atoms with Gasteiger partial charge in [0.15, 0.2) is 0 Å². The summed E-state index contributed by atoms with van der Waals surface area (Å²) in [7, 11) is 0. The smallest absolute Gasteiger partial charge is 0.331 e. The first kappa shape index (κ1) is 17.1. The van der Waals surface area contributed by atoms with Crippen molar-refractivity contribution in [2.24, 2.45) is 0 Å². The van der Waals surface area contributed by atoms with Gasteiger partial charge >= 0.3 is 12.0 Å². The predicted octanol–water partition coefficient (Wildman–Crippen LogP) is 2.86. The number of hydrogen-bond acceptors (Lipinski definition) is 5. The summed E-state index contributed by atoms with van der Waals surface area (Å²) >= 11 is 0. The number of carbonyl (C=O) groups is 2. The first-order valence-electron chi connectivity index (χ1n) is 7.16. The molecule has 0 aliphatic rings. The van der Waals surface area contributed by atoms with Crippen molar-refractivity contribution in [1.29, 1.82) is 0 Å². The van der Waals surface area contributed by atoms with Crippen LogP contribution in [0, 0.1) is 13.8 Å². The summed E-state index contributed by atoms with van der Waals surface area (Å²) in [5, 5.41) is 11.3. The molecule has 0 aliphatic carbocycles. The molecule has 1 heterocycles. The summed E-state index contributed by atoms with van der Waals surface area (Å²) in [6.45, 7) is 5.06. The first-order chi connectivity index (χ1) is 11.3. The predicted molar refractivity (Wildman–Crippen MR) is 88.0 cm³/mol. The third-order valence-electron chi connectivity index (χ3n) is 2.98. The number of aromatic nitrogens is 2. The van der Waals surface area contributed by atoms with Crippen LogP contribution < -0.4 is 10.1 Å². The Hall–Kier alpha value is -3.22. The van der Waals surface area contributed by atoms with E-state index in [-0.39, 0.29) is 11.6 Å². The van der Waals surface area contributed by atoms with E-state index in [0.29, 0.717) is 11.4 Å². The second-order valence-electron chi connectivity index (χ2n) is 5.18. The average molecular weight is 327 g/mol. The molecule has 2 N–H and O–H groups in total. The van der Waals surface area contributed by atoms with Gasteiger partial charge in [0.1, 0.15) is 5.75 Å². The number of benzene rings is 1. The Morgan fingerprint density at radius 1 is 1.12 bits per heavy atom. The molecule has 0 unspecified atom stereocenters. The Morgan fingerprint density at radius 3 is 2.25 bits per heavy atom. The SMILES string of the molecule is C/C(=C/C(=O)Nc1ccc(Oc2nc(C)cc(C)n2)cc1)C(=O)O. The number of nitrogens with one attached hydrogen (secondary N) is 1. The highest BCUT2D eigenvalue weighted by Gasteiger charge is 2.06. The fourth-order valence-electron chi connectivity index (χ4n) is 1.89. The third-order valence-corrected chi connectivity index (χ3v) is 2.98. The van der Waals surface area contributed by atoms with E-state index >= 15 is 0 Å². The van der Waals surface area contributed by atoms with Crippen LogP contribution in [0.15, 0.2) is 42.0 Å². The van der Waals surface area contributed by atoms with Crippen molar-refractivity contribution in [3.8, 4) is 11.8 Å². The Labute approximate surface area is 139 Å². The van der Waals surface area contributed by atoms with Gasteiger partial charge in [-0.1, -0.05) is 0 Å². The Balaban J connectivity index is 2.04. The van der Waals surface area contributed by atoms with Crippen molar-refractivity contribution in [1.82, 2.24) is 9.97 Å². The third kappa shape index (κ3) is 4.91. The fraction of sp³-hybridized carbons (Fsp3) is 0.176. The van der Waals surface area contributed by atoms with E-state index in [1.54, 1.807) is 24.3 Å². The number of carboxylic acid groups (broad SMARTS) is 1. The number of anilines is 1. The molecule has 0 bridgehead atoms. The second-order valence-corrected chi connectivity index (χ2v) is 5.18. The summed E-state index contributed by atoms with van der Waals surface area (Å²) in [6.07, 6.45) is 1.02. The highest BCUT2D eigenvalue weighted by Crippen LogP contribution is 2.21. The van der Waals surface area contributed by atoms with Crippen LogP contribution in [0.5, 0.6) is 11.8 Å². The van der Waals surface area contributed by atoms with Crippen LogP contribution in [0.2, 0.25) is 0 Å². The number of amides is 1. The van der Waals surface area contributed by atoms with Crippen molar-refractivity contribution in [3.63, 3.8) is 0 Å². The van der Waals surface area contributed by atoms with E-state index in [4.69, 9.17) is 9.84 Å². The molecule has 0 saturated heterocycles.